The molecule has 0 atom stereocenters. The number of unbranched alkanes of at least 4 members (excludes halogenated alkanes) is 1. The molecule has 0 nitrogen and oxygen atoms in total. The molecule has 0 saturated heterocycles. The Balaban J connectivity index is 2.11. The van der Waals surface area contributed by atoms with Crippen molar-refractivity contribution in [3.8, 4) is 23.7 Å². The zero-order chi connectivity index (χ0) is 20.3. The number of aryl methyl sites for hydroxylation is 1. The number of hydrogen-bond donors (Lipinski definition) is 0. The van der Waals surface area contributed by atoms with Crippen molar-refractivity contribution in [3.05, 3.63) is 113 Å². The molecule has 0 saturated carbocycles. The van der Waals surface area contributed by atoms with Gasteiger partial charge in [-0.05, 0) is 49.6 Å². The average Bonchev–Trinajstić information content (AvgIpc) is 2.77. The normalized spacial score (nSPS) is 10.8. The van der Waals surface area contributed by atoms with Crippen LogP contribution < -0.4 is 0 Å². The van der Waals surface area contributed by atoms with E-state index in [-0.39, 0.29) is 0 Å². The lowest BCUT2D eigenvalue weighted by Crippen LogP contribution is -1.91. The van der Waals surface area contributed by atoms with Crippen LogP contribution in [0.1, 0.15) is 48.4 Å². The van der Waals surface area contributed by atoms with Crippen LogP contribution in [0.25, 0.3) is 5.57 Å². The van der Waals surface area contributed by atoms with Gasteiger partial charge in [0.2, 0.25) is 0 Å². The first-order valence-corrected chi connectivity index (χ1v) is 10.2. The first kappa shape index (κ1) is 20.3. The molecule has 0 bridgehead atoms. The van der Waals surface area contributed by atoms with E-state index in [0.717, 1.165) is 47.1 Å². The molecular weight excluding hydrogens is 348 g/mol. The van der Waals surface area contributed by atoms with Crippen LogP contribution >= 0.6 is 0 Å². The molecule has 0 heterocycles. The Kier molecular flexibility index (Phi) is 7.51. The minimum absolute atomic E-state index is 0.934. The van der Waals surface area contributed by atoms with E-state index in [4.69, 9.17) is 0 Å². The predicted molar refractivity (Wildman–Crippen MR) is 124 cm³/mol. The minimum atomic E-state index is 0.934. The summed E-state index contributed by atoms with van der Waals surface area (Å²) in [7, 11) is 0. The van der Waals surface area contributed by atoms with Crippen molar-refractivity contribution in [2.75, 3.05) is 0 Å². The predicted octanol–water partition coefficient (Wildman–Crippen LogP) is 7.04. The zero-order valence-corrected chi connectivity index (χ0v) is 17.2. The molecule has 0 aliphatic heterocycles. The topological polar surface area (TPSA) is 0 Å². The van der Waals surface area contributed by atoms with E-state index in [1.807, 2.05) is 60.7 Å². The van der Waals surface area contributed by atoms with E-state index >= 15 is 0 Å². The summed E-state index contributed by atoms with van der Waals surface area (Å²) >= 11 is 0. The number of rotatable bonds is 4. The lowest BCUT2D eigenvalue weighted by molar-refractivity contribution is 0.802. The molecule has 0 aliphatic carbocycles. The molecule has 0 radical (unpaired) electrons. The van der Waals surface area contributed by atoms with Crippen LogP contribution in [0.15, 0.2) is 90.5 Å². The van der Waals surface area contributed by atoms with Gasteiger partial charge in [0.1, 0.15) is 0 Å². The summed E-state index contributed by atoms with van der Waals surface area (Å²) in [6, 6.07) is 28.9. The Hall–Kier alpha value is -3.48. The summed E-state index contributed by atoms with van der Waals surface area (Å²) in [5.41, 5.74) is 6.57. The van der Waals surface area contributed by atoms with Gasteiger partial charge in [-0.15, -0.1) is 0 Å². The molecule has 142 valence electrons. The summed E-state index contributed by atoms with van der Waals surface area (Å²) in [4.78, 5) is 0. The average molecular weight is 375 g/mol. The maximum atomic E-state index is 3.45. The van der Waals surface area contributed by atoms with Crippen LogP contribution in [0.5, 0.6) is 0 Å². The number of hydrogen-bond acceptors (Lipinski definition) is 0. The summed E-state index contributed by atoms with van der Waals surface area (Å²) in [5.74, 6) is 13.6. The molecule has 0 aromatic heterocycles. The van der Waals surface area contributed by atoms with Gasteiger partial charge in [0.15, 0.2) is 0 Å². The molecular formula is C29H26. The summed E-state index contributed by atoms with van der Waals surface area (Å²) < 4.78 is 0. The van der Waals surface area contributed by atoms with Crippen molar-refractivity contribution in [1.82, 2.24) is 0 Å². The Morgan fingerprint density at radius 3 is 1.79 bits per heavy atom. The van der Waals surface area contributed by atoms with Crippen molar-refractivity contribution < 1.29 is 0 Å². The van der Waals surface area contributed by atoms with Gasteiger partial charge in [-0.1, -0.05) is 103 Å². The fourth-order valence-electron chi connectivity index (χ4n) is 2.97. The molecule has 3 aromatic rings. The van der Waals surface area contributed by atoms with Crippen LogP contribution in [0.3, 0.4) is 0 Å². The SMILES string of the molecule is CCCC/C(C#Cc1ccccc1)=C(\C#Cc1ccccc1)c1ccc(C)cc1. The highest BCUT2D eigenvalue weighted by atomic mass is 14.1. The highest BCUT2D eigenvalue weighted by Gasteiger charge is 2.06. The lowest BCUT2D eigenvalue weighted by Gasteiger charge is -2.07. The Morgan fingerprint density at radius 2 is 1.24 bits per heavy atom. The van der Waals surface area contributed by atoms with Crippen LogP contribution in [0.4, 0.5) is 0 Å². The molecule has 3 rings (SSSR count). The van der Waals surface area contributed by atoms with Gasteiger partial charge in [0, 0.05) is 22.3 Å². The molecule has 3 aromatic carbocycles. The van der Waals surface area contributed by atoms with Crippen LogP contribution in [-0.4, -0.2) is 0 Å². The molecule has 0 aliphatic rings. The third kappa shape index (κ3) is 6.27. The van der Waals surface area contributed by atoms with E-state index in [1.54, 1.807) is 0 Å². The first-order valence-electron chi connectivity index (χ1n) is 10.2. The number of benzene rings is 3. The van der Waals surface area contributed by atoms with Crippen LogP contribution in [0.2, 0.25) is 0 Å². The maximum Gasteiger partial charge on any atom is 0.0437 e. The standard InChI is InChI=1S/C29H26/c1-3-4-15-27(22-18-25-11-7-5-8-12-25)29(28-20-16-24(2)17-21-28)23-19-26-13-9-6-10-14-26/h5-14,16-17,20-21H,3-4,15H2,1-2H3/b29-27-. The molecule has 29 heavy (non-hydrogen) atoms. The summed E-state index contributed by atoms with van der Waals surface area (Å²) in [6.07, 6.45) is 3.16. The molecule has 0 spiro atoms. The fraction of sp³-hybridized carbons (Fsp3) is 0.172. The van der Waals surface area contributed by atoms with Crippen molar-refractivity contribution in [3.63, 3.8) is 0 Å². The second-order valence-electron chi connectivity index (χ2n) is 7.06. The highest BCUT2D eigenvalue weighted by Crippen LogP contribution is 2.23. The van der Waals surface area contributed by atoms with E-state index in [0.29, 0.717) is 0 Å². The van der Waals surface area contributed by atoms with E-state index in [2.05, 4.69) is 61.8 Å². The van der Waals surface area contributed by atoms with Crippen LogP contribution in [0, 0.1) is 30.6 Å². The molecule has 0 amide bonds. The van der Waals surface area contributed by atoms with Crippen molar-refractivity contribution >= 4 is 5.57 Å². The van der Waals surface area contributed by atoms with E-state index < -0.39 is 0 Å². The van der Waals surface area contributed by atoms with Gasteiger partial charge in [-0.2, -0.15) is 0 Å². The number of allylic oxidation sites excluding steroid dienone is 2. The van der Waals surface area contributed by atoms with E-state index in [9.17, 15) is 0 Å². The third-order valence-electron chi connectivity index (χ3n) is 4.66. The summed E-state index contributed by atoms with van der Waals surface area (Å²) in [6.45, 7) is 4.32. The molecule has 0 N–H and O–H groups in total. The van der Waals surface area contributed by atoms with E-state index in [1.165, 1.54) is 5.56 Å². The summed E-state index contributed by atoms with van der Waals surface area (Å²) in [5, 5.41) is 0. The first-order chi connectivity index (χ1) is 14.3. The van der Waals surface area contributed by atoms with Crippen LogP contribution in [-0.2, 0) is 0 Å². The zero-order valence-electron chi connectivity index (χ0n) is 17.2. The van der Waals surface area contributed by atoms with Gasteiger partial charge in [0.25, 0.3) is 0 Å². The third-order valence-corrected chi connectivity index (χ3v) is 4.66. The highest BCUT2D eigenvalue weighted by molar-refractivity contribution is 5.84. The van der Waals surface area contributed by atoms with Crippen molar-refractivity contribution in [1.29, 1.82) is 0 Å². The fourth-order valence-corrected chi connectivity index (χ4v) is 2.97. The second-order valence-corrected chi connectivity index (χ2v) is 7.06. The Bertz CT molecular complexity index is 1060. The molecule has 0 unspecified atom stereocenters. The quantitative estimate of drug-likeness (QED) is 0.430. The molecule has 0 fully saturated rings. The van der Waals surface area contributed by atoms with Gasteiger partial charge in [-0.3, -0.25) is 0 Å². The molecule has 0 heteroatoms. The van der Waals surface area contributed by atoms with Gasteiger partial charge in [-0.25, -0.2) is 0 Å². The smallest absolute Gasteiger partial charge is 0.0437 e. The largest absolute Gasteiger partial charge is 0.0654 e. The lowest BCUT2D eigenvalue weighted by atomic mass is 9.95. The maximum absolute atomic E-state index is 3.45. The van der Waals surface area contributed by atoms with Gasteiger partial charge < -0.3 is 0 Å². The van der Waals surface area contributed by atoms with Crippen molar-refractivity contribution in [2.24, 2.45) is 0 Å². The Labute approximate surface area is 175 Å². The Morgan fingerprint density at radius 1 is 0.690 bits per heavy atom. The van der Waals surface area contributed by atoms with Gasteiger partial charge in [0.05, 0.1) is 0 Å². The van der Waals surface area contributed by atoms with Gasteiger partial charge >= 0.3 is 0 Å². The minimum Gasteiger partial charge on any atom is -0.0654 e. The van der Waals surface area contributed by atoms with Crippen molar-refractivity contribution in [2.45, 2.75) is 33.1 Å². The monoisotopic (exact) mass is 374 g/mol. The second kappa shape index (κ2) is 10.8.